The van der Waals surface area contributed by atoms with Crippen LogP contribution in [0.2, 0.25) is 0 Å². The number of fused-ring (bicyclic) bond motifs is 11. The van der Waals surface area contributed by atoms with Crippen molar-refractivity contribution >= 4 is 34.6 Å². The molecule has 1 spiro atoms. The van der Waals surface area contributed by atoms with Gasteiger partial charge in [-0.3, -0.25) is 19.9 Å². The molecule has 9 heterocycles. The number of esters is 2. The fourth-order valence-electron chi connectivity index (χ4n) is 11.8. The highest BCUT2D eigenvalue weighted by molar-refractivity contribution is 7.99. The normalized spacial score (nSPS) is 33.2. The molecule has 57 heavy (non-hydrogen) atoms. The van der Waals surface area contributed by atoms with E-state index in [4.69, 9.17) is 29.4 Å². The van der Waals surface area contributed by atoms with E-state index < -0.39 is 52.1 Å². The molecule has 14 nitrogen and oxygen atoms in total. The minimum Gasteiger partial charge on any atom is -0.504 e. The van der Waals surface area contributed by atoms with Crippen molar-refractivity contribution in [2.24, 2.45) is 5.73 Å². The van der Waals surface area contributed by atoms with Crippen LogP contribution in [0.5, 0.6) is 28.7 Å². The Balaban J connectivity index is 1.19. The highest BCUT2D eigenvalue weighted by Gasteiger charge is 2.72. The zero-order valence-corrected chi connectivity index (χ0v) is 33.2. The molecule has 0 saturated carbocycles. The molecule has 1 unspecified atom stereocenters. The molecular weight excluding hydrogens is 751 g/mol. The highest BCUT2D eigenvalue weighted by Crippen LogP contribution is 2.71. The number of nitrogens with two attached hydrogens (primary N) is 1. The van der Waals surface area contributed by atoms with Gasteiger partial charge in [0, 0.05) is 83.0 Å². The molecular formula is C42H45N5O9S. The van der Waals surface area contributed by atoms with Gasteiger partial charge in [-0.15, -0.1) is 11.8 Å². The first kappa shape index (κ1) is 35.6. The van der Waals surface area contributed by atoms with Crippen molar-refractivity contribution in [3.8, 4) is 28.7 Å². The molecule has 4 aromatic rings. The number of H-pyrrole nitrogens is 1. The van der Waals surface area contributed by atoms with Crippen LogP contribution >= 0.6 is 11.8 Å². The number of methoxy groups -OCH3 is 1. The van der Waals surface area contributed by atoms with E-state index in [1.165, 1.54) is 18.7 Å². The van der Waals surface area contributed by atoms with Crippen LogP contribution in [0, 0.1) is 13.8 Å². The number of aryl methyl sites for hydroxylation is 1. The van der Waals surface area contributed by atoms with E-state index in [0.717, 1.165) is 44.4 Å². The first-order valence-corrected chi connectivity index (χ1v) is 20.6. The Morgan fingerprint density at radius 1 is 1.12 bits per heavy atom. The van der Waals surface area contributed by atoms with Crippen LogP contribution in [-0.4, -0.2) is 94.1 Å². The predicted molar refractivity (Wildman–Crippen MR) is 209 cm³/mol. The van der Waals surface area contributed by atoms with Gasteiger partial charge in [-0.05, 0) is 56.0 Å². The molecule has 12 rings (SSSR count). The topological polar surface area (TPSA) is 181 Å². The lowest BCUT2D eigenvalue weighted by Gasteiger charge is -2.59. The zero-order chi connectivity index (χ0) is 39.5. The first-order chi connectivity index (χ1) is 27.3. The number of aromatic nitrogens is 1. The van der Waals surface area contributed by atoms with Crippen molar-refractivity contribution in [3.05, 3.63) is 75.0 Å². The molecule has 8 aliphatic heterocycles. The third kappa shape index (κ3) is 4.39. The average Bonchev–Trinajstić information content (AvgIpc) is 3.93. The number of piperazine rings is 1. The molecule has 8 atom stereocenters. The van der Waals surface area contributed by atoms with Gasteiger partial charge in [0.25, 0.3) is 0 Å². The van der Waals surface area contributed by atoms with Crippen molar-refractivity contribution in [1.29, 1.82) is 0 Å². The monoisotopic (exact) mass is 795 g/mol. The highest BCUT2D eigenvalue weighted by atomic mass is 32.2. The summed E-state index contributed by atoms with van der Waals surface area (Å²) in [7, 11) is 1.56. The third-order valence-electron chi connectivity index (χ3n) is 13.9. The van der Waals surface area contributed by atoms with Crippen molar-refractivity contribution in [2.75, 3.05) is 39.4 Å². The number of benzene rings is 3. The van der Waals surface area contributed by atoms with Gasteiger partial charge >= 0.3 is 11.9 Å². The number of aromatic amines is 1. The standard InChI is InChI=1S/C42H45N5O9S/c1-18-10-24-27(32(49)33(18)52-5)30-31-37-29-28(36-35(54-17-55-36)19(2)34(29)56-20(3)48)26(47(31)41(51)14-40(24,4)46(30)15-41)13-53-39(50)42(16-57-37)38-23(11-21(12-43)45-42)22-8-6-7-9-25(22)44-38/h6-10,21,26,30-31,37,44-45,49,51H,11-17,43H2,1-5H3/t21-,26+,30-,31?,37-,40-,41+,42-/m1/s1. The molecule has 0 amide bonds. The predicted octanol–water partition coefficient (Wildman–Crippen LogP) is 3.96. The van der Waals surface area contributed by atoms with Crippen LogP contribution < -0.4 is 30.0 Å². The van der Waals surface area contributed by atoms with Crippen LogP contribution in [0.25, 0.3) is 10.9 Å². The van der Waals surface area contributed by atoms with Crippen LogP contribution in [0.3, 0.4) is 0 Å². The minimum absolute atomic E-state index is 0.0459. The number of aromatic hydroxyl groups is 1. The van der Waals surface area contributed by atoms with Crippen molar-refractivity contribution in [1.82, 2.24) is 20.1 Å². The second-order valence-electron chi connectivity index (χ2n) is 16.9. The fraction of sp³-hybridized carbons (Fsp3) is 0.476. The van der Waals surface area contributed by atoms with E-state index >= 15 is 4.79 Å². The van der Waals surface area contributed by atoms with Gasteiger partial charge in [-0.2, -0.15) is 0 Å². The first-order valence-electron chi connectivity index (χ1n) is 19.5. The number of hydrogen-bond donors (Lipinski definition) is 5. The van der Waals surface area contributed by atoms with Crippen molar-refractivity contribution in [2.45, 2.75) is 86.8 Å². The van der Waals surface area contributed by atoms with Gasteiger partial charge in [0.05, 0.1) is 30.1 Å². The number of carbonyl (C=O) groups excluding carboxylic acids is 2. The van der Waals surface area contributed by atoms with E-state index in [2.05, 4.69) is 39.2 Å². The van der Waals surface area contributed by atoms with Gasteiger partial charge < -0.3 is 44.6 Å². The fourth-order valence-corrected chi connectivity index (χ4v) is 13.5. The third-order valence-corrected chi connectivity index (χ3v) is 15.4. The van der Waals surface area contributed by atoms with Gasteiger partial charge in [0.1, 0.15) is 18.1 Å². The summed E-state index contributed by atoms with van der Waals surface area (Å²) in [6.45, 7) is 7.65. The number of carbonyl (C=O) groups is 2. The summed E-state index contributed by atoms with van der Waals surface area (Å²) < 4.78 is 30.9. The number of aliphatic hydroxyl groups is 1. The van der Waals surface area contributed by atoms with Gasteiger partial charge in [-0.25, -0.2) is 4.79 Å². The van der Waals surface area contributed by atoms with Gasteiger partial charge in [0.15, 0.2) is 28.5 Å². The number of phenols is 1. The lowest BCUT2D eigenvalue weighted by atomic mass is 9.75. The maximum Gasteiger partial charge on any atom is 0.333 e. The summed E-state index contributed by atoms with van der Waals surface area (Å²) in [5.74, 6) is 1.01. The summed E-state index contributed by atoms with van der Waals surface area (Å²) >= 11 is 1.53. The molecule has 8 aliphatic rings. The molecule has 15 heteroatoms. The quantitative estimate of drug-likeness (QED) is 0.149. The maximum absolute atomic E-state index is 15.1. The van der Waals surface area contributed by atoms with Crippen LogP contribution in [0.4, 0.5) is 0 Å². The average molecular weight is 796 g/mol. The molecule has 1 aromatic heterocycles. The molecule has 3 aromatic carbocycles. The number of nitrogens with one attached hydrogen (secondary N) is 2. The minimum atomic E-state index is -1.39. The SMILES string of the molecule is COc1c(C)cc2c(c1O)[C@@H]1C3[C@@H]4SC[C@]5(N[C@@H](CN)Cc6c5[nH]c5ccccc65)C(=O)OC[C@@H](c5c6c(c(C)c(OC(C)=O)c54)OCO6)N3[C@@]3(O)CN1[C@]2(C)C3. The van der Waals surface area contributed by atoms with Crippen LogP contribution in [0.1, 0.15) is 82.2 Å². The number of nitrogens with zero attached hydrogens (tertiary/aromatic N) is 2. The molecule has 3 fully saturated rings. The summed E-state index contributed by atoms with van der Waals surface area (Å²) in [6, 6.07) is 8.14. The number of ether oxygens (including phenoxy) is 5. The Morgan fingerprint density at radius 2 is 1.91 bits per heavy atom. The maximum atomic E-state index is 15.1. The Bertz CT molecular complexity index is 2470. The summed E-state index contributed by atoms with van der Waals surface area (Å²) in [5.41, 5.74) is 10.2. The van der Waals surface area contributed by atoms with E-state index in [1.807, 2.05) is 32.0 Å². The number of phenolic OH excluding ortho intramolecular Hbond substituents is 1. The Hall–Kier alpha value is -4.51. The molecule has 3 saturated heterocycles. The van der Waals surface area contributed by atoms with Gasteiger partial charge in [-0.1, -0.05) is 18.2 Å². The summed E-state index contributed by atoms with van der Waals surface area (Å²) in [5, 5.41) is 29.5. The molecule has 4 bridgehead atoms. The molecule has 0 radical (unpaired) electrons. The molecule has 0 aliphatic carbocycles. The summed E-state index contributed by atoms with van der Waals surface area (Å²) in [6.07, 6.45) is 0.951. The van der Waals surface area contributed by atoms with E-state index in [1.54, 1.807) is 7.11 Å². The van der Waals surface area contributed by atoms with Crippen molar-refractivity contribution < 1.29 is 43.5 Å². The Morgan fingerprint density at radius 3 is 2.68 bits per heavy atom. The zero-order valence-electron chi connectivity index (χ0n) is 32.4. The molecule has 298 valence electrons. The number of thioether (sulfide) groups is 1. The Kier molecular flexibility index (Phi) is 7.37. The number of rotatable bonds is 3. The Labute approximate surface area is 332 Å². The summed E-state index contributed by atoms with van der Waals surface area (Å²) in [4.78, 5) is 36.1. The number of para-hydroxylation sites is 1. The lowest BCUT2D eigenvalue weighted by molar-refractivity contribution is -0.196. The van der Waals surface area contributed by atoms with Crippen LogP contribution in [-0.2, 0) is 31.8 Å². The lowest BCUT2D eigenvalue weighted by Crippen LogP contribution is -2.68. The second kappa shape index (κ2) is 11.8. The van der Waals surface area contributed by atoms with E-state index in [0.29, 0.717) is 53.5 Å². The van der Waals surface area contributed by atoms with E-state index in [9.17, 15) is 15.0 Å². The molecule has 6 N–H and O–H groups in total. The number of hydrogen-bond acceptors (Lipinski definition) is 14. The second-order valence-corrected chi connectivity index (χ2v) is 18.1. The largest absolute Gasteiger partial charge is 0.504 e. The van der Waals surface area contributed by atoms with Crippen LogP contribution in [0.15, 0.2) is 30.3 Å². The van der Waals surface area contributed by atoms with Gasteiger partial charge in [0.2, 0.25) is 6.79 Å². The van der Waals surface area contributed by atoms with E-state index in [-0.39, 0.29) is 37.5 Å². The van der Waals surface area contributed by atoms with Crippen molar-refractivity contribution in [3.63, 3.8) is 0 Å². The smallest absolute Gasteiger partial charge is 0.333 e.